The van der Waals surface area contributed by atoms with Crippen molar-refractivity contribution in [2.75, 3.05) is 0 Å². The number of carbonyl (C=O) groups is 1. The van der Waals surface area contributed by atoms with Gasteiger partial charge in [-0.05, 0) is 42.5 Å². The van der Waals surface area contributed by atoms with Crippen molar-refractivity contribution in [3.63, 3.8) is 0 Å². The third-order valence-corrected chi connectivity index (χ3v) is 3.07. The Morgan fingerprint density at radius 3 is 2.86 bits per heavy atom. The molecule has 3 rings (SSSR count). The second kappa shape index (κ2) is 5.43. The number of nitrogens with zero attached hydrogens (tertiary/aromatic N) is 2. The highest BCUT2D eigenvalue weighted by Crippen LogP contribution is 2.27. The molecule has 0 saturated carbocycles. The maximum absolute atomic E-state index is 11.1. The van der Waals surface area contributed by atoms with Crippen molar-refractivity contribution in [3.05, 3.63) is 65.9 Å². The molecule has 0 unspecified atom stereocenters. The number of hydrogen-bond acceptors (Lipinski definition) is 4. The van der Waals surface area contributed by atoms with Gasteiger partial charge in [-0.25, -0.2) is 0 Å². The van der Waals surface area contributed by atoms with E-state index in [9.17, 15) is 4.79 Å². The quantitative estimate of drug-likeness (QED) is 0.683. The van der Waals surface area contributed by atoms with Gasteiger partial charge in [-0.3, -0.25) is 9.78 Å². The smallest absolute Gasteiger partial charge is 0.153 e. The summed E-state index contributed by atoms with van der Waals surface area (Å²) >= 11 is 0. The molecule has 0 saturated heterocycles. The van der Waals surface area contributed by atoms with Crippen LogP contribution in [0.15, 0.2) is 54.7 Å². The first-order valence-corrected chi connectivity index (χ1v) is 6.32. The van der Waals surface area contributed by atoms with Crippen LogP contribution in [0.5, 0.6) is 11.5 Å². The molecule has 0 radical (unpaired) electrons. The van der Waals surface area contributed by atoms with Crippen LogP contribution in [0.1, 0.15) is 15.9 Å². The Morgan fingerprint density at radius 2 is 2.05 bits per heavy atom. The van der Waals surface area contributed by atoms with Crippen LogP contribution in [-0.4, -0.2) is 11.3 Å². The largest absolute Gasteiger partial charge is 0.457 e. The number of nitriles is 1. The standard InChI is InChI=1S/C17H10N2O2/c18-10-12-3-6-17(14(8-12)11-20)21-15-4-5-16-13(9-15)2-1-7-19-16/h1-9,11H. The van der Waals surface area contributed by atoms with Crippen LogP contribution in [0.4, 0.5) is 0 Å². The monoisotopic (exact) mass is 274 g/mol. The van der Waals surface area contributed by atoms with Gasteiger partial charge in [0.1, 0.15) is 11.5 Å². The fourth-order valence-corrected chi connectivity index (χ4v) is 2.05. The molecule has 0 amide bonds. The zero-order valence-electron chi connectivity index (χ0n) is 11.0. The maximum atomic E-state index is 11.1. The number of aldehydes is 1. The van der Waals surface area contributed by atoms with E-state index in [-0.39, 0.29) is 0 Å². The zero-order valence-corrected chi connectivity index (χ0v) is 11.0. The molecule has 3 aromatic rings. The molecule has 0 aliphatic carbocycles. The predicted octanol–water partition coefficient (Wildman–Crippen LogP) is 3.71. The third-order valence-electron chi connectivity index (χ3n) is 3.07. The van der Waals surface area contributed by atoms with E-state index >= 15 is 0 Å². The highest BCUT2D eigenvalue weighted by molar-refractivity contribution is 5.82. The van der Waals surface area contributed by atoms with Gasteiger partial charge in [0, 0.05) is 11.6 Å². The Balaban J connectivity index is 1.98. The molecule has 0 fully saturated rings. The van der Waals surface area contributed by atoms with E-state index in [0.29, 0.717) is 28.9 Å². The van der Waals surface area contributed by atoms with E-state index in [0.717, 1.165) is 10.9 Å². The second-order valence-electron chi connectivity index (χ2n) is 4.44. The third kappa shape index (κ3) is 2.58. The molecule has 4 nitrogen and oxygen atoms in total. The van der Waals surface area contributed by atoms with Gasteiger partial charge in [0.05, 0.1) is 22.7 Å². The Morgan fingerprint density at radius 1 is 1.14 bits per heavy atom. The molecule has 21 heavy (non-hydrogen) atoms. The summed E-state index contributed by atoms with van der Waals surface area (Å²) in [6.45, 7) is 0. The van der Waals surface area contributed by atoms with E-state index in [2.05, 4.69) is 4.98 Å². The van der Waals surface area contributed by atoms with Crippen LogP contribution in [0, 0.1) is 11.3 Å². The molecule has 0 spiro atoms. The van der Waals surface area contributed by atoms with E-state index in [1.165, 1.54) is 6.07 Å². The lowest BCUT2D eigenvalue weighted by atomic mass is 10.1. The SMILES string of the molecule is N#Cc1ccc(Oc2ccc3ncccc3c2)c(C=O)c1. The summed E-state index contributed by atoms with van der Waals surface area (Å²) in [5, 5.41) is 9.80. The second-order valence-corrected chi connectivity index (χ2v) is 4.44. The summed E-state index contributed by atoms with van der Waals surface area (Å²) in [6, 6.07) is 16.0. The van der Waals surface area contributed by atoms with Gasteiger partial charge in [0.25, 0.3) is 0 Å². The topological polar surface area (TPSA) is 63.0 Å². The van der Waals surface area contributed by atoms with Crippen LogP contribution in [0.25, 0.3) is 10.9 Å². The average molecular weight is 274 g/mol. The molecule has 4 heteroatoms. The Labute approximate surface area is 121 Å². The van der Waals surface area contributed by atoms with Crippen LogP contribution in [-0.2, 0) is 0 Å². The fraction of sp³-hybridized carbons (Fsp3) is 0. The summed E-state index contributed by atoms with van der Waals surface area (Å²) in [6.07, 6.45) is 2.41. The minimum atomic E-state index is 0.348. The number of pyridine rings is 1. The van der Waals surface area contributed by atoms with Crippen molar-refractivity contribution < 1.29 is 9.53 Å². The van der Waals surface area contributed by atoms with Gasteiger partial charge < -0.3 is 4.74 Å². The molecule has 0 atom stereocenters. The molecule has 0 N–H and O–H groups in total. The molecular formula is C17H10N2O2. The minimum Gasteiger partial charge on any atom is -0.457 e. The Hall–Kier alpha value is -3.19. The van der Waals surface area contributed by atoms with Gasteiger partial charge in [0.2, 0.25) is 0 Å². The molecular weight excluding hydrogens is 264 g/mol. The van der Waals surface area contributed by atoms with Crippen molar-refractivity contribution in [1.29, 1.82) is 5.26 Å². The number of carbonyl (C=O) groups excluding carboxylic acids is 1. The van der Waals surface area contributed by atoms with Gasteiger partial charge >= 0.3 is 0 Å². The van der Waals surface area contributed by atoms with Crippen LogP contribution < -0.4 is 4.74 Å². The molecule has 2 aromatic carbocycles. The van der Waals surface area contributed by atoms with E-state index in [1.807, 2.05) is 30.3 Å². The summed E-state index contributed by atoms with van der Waals surface area (Å²) in [7, 11) is 0. The van der Waals surface area contributed by atoms with E-state index in [1.54, 1.807) is 24.4 Å². The first-order chi connectivity index (χ1) is 10.3. The van der Waals surface area contributed by atoms with E-state index in [4.69, 9.17) is 10.00 Å². The summed E-state index contributed by atoms with van der Waals surface area (Å²) < 4.78 is 5.74. The molecule has 1 heterocycles. The number of benzene rings is 2. The minimum absolute atomic E-state index is 0.348. The molecule has 100 valence electrons. The van der Waals surface area contributed by atoms with Gasteiger partial charge in [0.15, 0.2) is 6.29 Å². The zero-order chi connectivity index (χ0) is 14.7. The van der Waals surface area contributed by atoms with Crippen molar-refractivity contribution in [3.8, 4) is 17.6 Å². The summed E-state index contributed by atoms with van der Waals surface area (Å²) in [5.41, 5.74) is 1.65. The van der Waals surface area contributed by atoms with Crippen molar-refractivity contribution in [2.24, 2.45) is 0 Å². The highest BCUT2D eigenvalue weighted by Gasteiger charge is 2.06. The maximum Gasteiger partial charge on any atom is 0.153 e. The lowest BCUT2D eigenvalue weighted by Gasteiger charge is -2.09. The van der Waals surface area contributed by atoms with Gasteiger partial charge in [-0.1, -0.05) is 6.07 Å². The van der Waals surface area contributed by atoms with Gasteiger partial charge in [-0.2, -0.15) is 5.26 Å². The number of fused-ring (bicyclic) bond motifs is 1. The Bertz CT molecular complexity index is 866. The highest BCUT2D eigenvalue weighted by atomic mass is 16.5. The Kier molecular flexibility index (Phi) is 3.32. The lowest BCUT2D eigenvalue weighted by Crippen LogP contribution is -1.92. The number of ether oxygens (including phenoxy) is 1. The molecule has 0 aliphatic rings. The number of aromatic nitrogens is 1. The van der Waals surface area contributed by atoms with Crippen LogP contribution in [0.3, 0.4) is 0 Å². The normalized spacial score (nSPS) is 10.0. The molecule has 0 bridgehead atoms. The van der Waals surface area contributed by atoms with Gasteiger partial charge in [-0.15, -0.1) is 0 Å². The van der Waals surface area contributed by atoms with Crippen molar-refractivity contribution >= 4 is 17.2 Å². The number of rotatable bonds is 3. The lowest BCUT2D eigenvalue weighted by molar-refractivity contribution is 0.112. The van der Waals surface area contributed by atoms with Crippen molar-refractivity contribution in [2.45, 2.75) is 0 Å². The van der Waals surface area contributed by atoms with E-state index < -0.39 is 0 Å². The molecule has 1 aromatic heterocycles. The first kappa shape index (κ1) is 12.8. The number of hydrogen-bond donors (Lipinski definition) is 0. The van der Waals surface area contributed by atoms with Crippen molar-refractivity contribution in [1.82, 2.24) is 4.98 Å². The first-order valence-electron chi connectivity index (χ1n) is 6.32. The fourth-order valence-electron chi connectivity index (χ4n) is 2.05. The average Bonchev–Trinajstić information content (AvgIpc) is 2.55. The molecule has 0 aliphatic heterocycles. The van der Waals surface area contributed by atoms with Crippen LogP contribution in [0.2, 0.25) is 0 Å². The summed E-state index contributed by atoms with van der Waals surface area (Å²) in [4.78, 5) is 15.3. The summed E-state index contributed by atoms with van der Waals surface area (Å²) in [5.74, 6) is 1.04. The predicted molar refractivity (Wildman–Crippen MR) is 78.4 cm³/mol. The van der Waals surface area contributed by atoms with Crippen LogP contribution >= 0.6 is 0 Å².